The largest absolute Gasteiger partial charge is 0.374 e. The summed E-state index contributed by atoms with van der Waals surface area (Å²) in [6.45, 7) is 0.982. The number of hydrogen-bond acceptors (Lipinski definition) is 3. The van der Waals surface area contributed by atoms with Gasteiger partial charge < -0.3 is 15.1 Å². The van der Waals surface area contributed by atoms with E-state index in [4.69, 9.17) is 0 Å². The van der Waals surface area contributed by atoms with E-state index < -0.39 is 0 Å². The lowest BCUT2D eigenvalue weighted by Gasteiger charge is -2.15. The van der Waals surface area contributed by atoms with Crippen molar-refractivity contribution in [3.63, 3.8) is 0 Å². The second kappa shape index (κ2) is 2.17. The Morgan fingerprint density at radius 1 is 1.56 bits per heavy atom. The van der Waals surface area contributed by atoms with E-state index in [0.29, 0.717) is 0 Å². The first kappa shape index (κ1) is 6.26. The molecule has 0 saturated carbocycles. The first-order chi connectivity index (χ1) is 4.24. The van der Waals surface area contributed by atoms with Crippen LogP contribution in [-0.4, -0.2) is 37.6 Å². The van der Waals surface area contributed by atoms with Crippen molar-refractivity contribution in [3.8, 4) is 0 Å². The lowest BCUT2D eigenvalue weighted by Crippen LogP contribution is -2.24. The Labute approximate surface area is 55.9 Å². The van der Waals surface area contributed by atoms with Gasteiger partial charge in [0, 0.05) is 27.3 Å². The SMILES string of the molecule is CNC1=CN(C)CN1C. The molecule has 1 aliphatic rings. The van der Waals surface area contributed by atoms with Gasteiger partial charge >= 0.3 is 0 Å². The maximum atomic E-state index is 3.09. The third-order valence-electron chi connectivity index (χ3n) is 1.45. The second-order valence-electron chi connectivity index (χ2n) is 2.36. The third kappa shape index (κ3) is 1.09. The lowest BCUT2D eigenvalue weighted by molar-refractivity contribution is 0.319. The Hall–Kier alpha value is -0.860. The molecule has 1 rings (SSSR count). The average molecular weight is 127 g/mol. The van der Waals surface area contributed by atoms with Gasteiger partial charge in [0.1, 0.15) is 5.82 Å². The van der Waals surface area contributed by atoms with Gasteiger partial charge in [-0.15, -0.1) is 0 Å². The van der Waals surface area contributed by atoms with Crippen LogP contribution in [0.5, 0.6) is 0 Å². The Balaban J connectivity index is 2.57. The molecule has 0 bridgehead atoms. The molecule has 3 heteroatoms. The van der Waals surface area contributed by atoms with Gasteiger partial charge in [0.25, 0.3) is 0 Å². The fourth-order valence-corrected chi connectivity index (χ4v) is 1.01. The highest BCUT2D eigenvalue weighted by Gasteiger charge is 2.11. The van der Waals surface area contributed by atoms with Gasteiger partial charge in [0.15, 0.2) is 0 Å². The molecule has 0 radical (unpaired) electrons. The van der Waals surface area contributed by atoms with Crippen molar-refractivity contribution in [2.24, 2.45) is 0 Å². The molecule has 0 aromatic carbocycles. The van der Waals surface area contributed by atoms with Crippen LogP contribution in [0.2, 0.25) is 0 Å². The molecule has 52 valence electrons. The van der Waals surface area contributed by atoms with Gasteiger partial charge in [0.2, 0.25) is 0 Å². The lowest BCUT2D eigenvalue weighted by atomic mass is 10.7. The van der Waals surface area contributed by atoms with E-state index in [1.54, 1.807) is 0 Å². The zero-order valence-corrected chi connectivity index (χ0v) is 6.18. The van der Waals surface area contributed by atoms with E-state index in [-0.39, 0.29) is 0 Å². The fraction of sp³-hybridized carbons (Fsp3) is 0.667. The number of nitrogens with one attached hydrogen (secondary N) is 1. The Morgan fingerprint density at radius 3 is 2.44 bits per heavy atom. The molecular weight excluding hydrogens is 114 g/mol. The van der Waals surface area contributed by atoms with Crippen molar-refractivity contribution in [3.05, 3.63) is 12.0 Å². The summed E-state index contributed by atoms with van der Waals surface area (Å²) in [6, 6.07) is 0. The number of hydrogen-bond donors (Lipinski definition) is 1. The number of nitrogens with zero attached hydrogens (tertiary/aromatic N) is 2. The molecule has 0 aromatic rings. The van der Waals surface area contributed by atoms with E-state index >= 15 is 0 Å². The van der Waals surface area contributed by atoms with Crippen molar-refractivity contribution < 1.29 is 0 Å². The maximum absolute atomic E-state index is 3.09. The molecule has 1 heterocycles. The van der Waals surface area contributed by atoms with E-state index in [0.717, 1.165) is 6.67 Å². The molecule has 3 nitrogen and oxygen atoms in total. The molecule has 0 saturated heterocycles. The van der Waals surface area contributed by atoms with Gasteiger partial charge in [-0.05, 0) is 0 Å². The molecule has 0 aliphatic carbocycles. The summed E-state index contributed by atoms with van der Waals surface area (Å²) in [5.74, 6) is 1.18. The normalized spacial score (nSPS) is 18.3. The quantitative estimate of drug-likeness (QED) is 0.528. The van der Waals surface area contributed by atoms with Gasteiger partial charge in [-0.2, -0.15) is 0 Å². The summed E-state index contributed by atoms with van der Waals surface area (Å²) in [7, 11) is 6.05. The van der Waals surface area contributed by atoms with E-state index in [9.17, 15) is 0 Å². The Morgan fingerprint density at radius 2 is 2.22 bits per heavy atom. The van der Waals surface area contributed by atoms with E-state index in [1.807, 2.05) is 7.05 Å². The van der Waals surface area contributed by atoms with Crippen molar-refractivity contribution in [1.82, 2.24) is 15.1 Å². The Kier molecular flexibility index (Phi) is 1.51. The highest BCUT2D eigenvalue weighted by atomic mass is 15.4. The van der Waals surface area contributed by atoms with Crippen molar-refractivity contribution in [2.75, 3.05) is 27.8 Å². The molecule has 0 unspecified atom stereocenters. The van der Waals surface area contributed by atoms with Crippen LogP contribution < -0.4 is 5.32 Å². The predicted octanol–water partition coefficient (Wildman–Crippen LogP) is -0.161. The first-order valence-electron chi connectivity index (χ1n) is 3.05. The summed E-state index contributed by atoms with van der Waals surface area (Å²) < 4.78 is 0. The van der Waals surface area contributed by atoms with Crippen molar-refractivity contribution in [2.45, 2.75) is 0 Å². The molecule has 0 amide bonds. The smallest absolute Gasteiger partial charge is 0.119 e. The van der Waals surface area contributed by atoms with Gasteiger partial charge in [-0.3, -0.25) is 0 Å². The Bertz CT molecular complexity index is 130. The highest BCUT2D eigenvalue weighted by molar-refractivity contribution is 5.01. The topological polar surface area (TPSA) is 18.5 Å². The summed E-state index contributed by atoms with van der Waals surface area (Å²) in [5.41, 5.74) is 0. The minimum absolute atomic E-state index is 0.982. The zero-order valence-electron chi connectivity index (χ0n) is 6.18. The first-order valence-corrected chi connectivity index (χ1v) is 3.05. The van der Waals surface area contributed by atoms with Crippen LogP contribution in [0, 0.1) is 0 Å². The van der Waals surface area contributed by atoms with E-state index in [1.165, 1.54) is 5.82 Å². The minimum Gasteiger partial charge on any atom is -0.374 e. The molecule has 1 N–H and O–H groups in total. The molecule has 0 spiro atoms. The van der Waals surface area contributed by atoms with Crippen LogP contribution in [0.15, 0.2) is 12.0 Å². The molecule has 0 fully saturated rings. The van der Waals surface area contributed by atoms with Gasteiger partial charge in [-0.1, -0.05) is 0 Å². The fourth-order valence-electron chi connectivity index (χ4n) is 1.01. The maximum Gasteiger partial charge on any atom is 0.119 e. The highest BCUT2D eigenvalue weighted by Crippen LogP contribution is 2.06. The summed E-state index contributed by atoms with van der Waals surface area (Å²) in [4.78, 5) is 4.28. The van der Waals surface area contributed by atoms with Crippen LogP contribution in [-0.2, 0) is 0 Å². The molecule has 1 aliphatic heterocycles. The van der Waals surface area contributed by atoms with Crippen LogP contribution in [0.4, 0.5) is 0 Å². The third-order valence-corrected chi connectivity index (χ3v) is 1.45. The van der Waals surface area contributed by atoms with E-state index in [2.05, 4.69) is 35.4 Å². The van der Waals surface area contributed by atoms with Crippen LogP contribution in [0.25, 0.3) is 0 Å². The standard InChI is InChI=1S/C6H13N3/c1-7-6-4-8(2)5-9(6)3/h4,7H,5H2,1-3H3. The molecular formula is C6H13N3. The minimum atomic E-state index is 0.982. The van der Waals surface area contributed by atoms with Crippen LogP contribution >= 0.6 is 0 Å². The summed E-state index contributed by atoms with van der Waals surface area (Å²) in [6.07, 6.45) is 2.08. The zero-order chi connectivity index (χ0) is 6.85. The van der Waals surface area contributed by atoms with Gasteiger partial charge in [-0.25, -0.2) is 0 Å². The van der Waals surface area contributed by atoms with Crippen molar-refractivity contribution >= 4 is 0 Å². The molecule has 0 atom stereocenters. The monoisotopic (exact) mass is 127 g/mol. The molecule has 9 heavy (non-hydrogen) atoms. The average Bonchev–Trinajstić information content (AvgIpc) is 2.10. The summed E-state index contributed by atoms with van der Waals surface area (Å²) >= 11 is 0. The van der Waals surface area contributed by atoms with Gasteiger partial charge in [0.05, 0.1) is 6.67 Å². The van der Waals surface area contributed by atoms with Crippen LogP contribution in [0.3, 0.4) is 0 Å². The summed E-state index contributed by atoms with van der Waals surface area (Å²) in [5, 5.41) is 3.09. The number of rotatable bonds is 1. The van der Waals surface area contributed by atoms with Crippen molar-refractivity contribution in [1.29, 1.82) is 0 Å². The second-order valence-corrected chi connectivity index (χ2v) is 2.36. The predicted molar refractivity (Wildman–Crippen MR) is 37.5 cm³/mol. The molecule has 0 aromatic heterocycles. The van der Waals surface area contributed by atoms with Crippen LogP contribution in [0.1, 0.15) is 0 Å².